The summed E-state index contributed by atoms with van der Waals surface area (Å²) in [6.07, 6.45) is 8.55. The lowest BCUT2D eigenvalue weighted by molar-refractivity contribution is -0.127. The van der Waals surface area contributed by atoms with Gasteiger partial charge in [0.2, 0.25) is 5.91 Å². The Morgan fingerprint density at radius 1 is 1.22 bits per heavy atom. The SMILES string of the molecule is CN(C)C(=O)CN=C(NCCCOCC1CC1)NC1CCCC1. The molecule has 2 saturated carbocycles. The van der Waals surface area contributed by atoms with Crippen LogP contribution in [0.15, 0.2) is 4.99 Å². The van der Waals surface area contributed by atoms with Gasteiger partial charge in [-0.05, 0) is 38.0 Å². The first-order valence-corrected chi connectivity index (χ1v) is 8.98. The number of aliphatic imine (C=N–C) groups is 1. The van der Waals surface area contributed by atoms with Gasteiger partial charge in [0.05, 0.1) is 0 Å². The van der Waals surface area contributed by atoms with Crippen molar-refractivity contribution in [2.45, 2.75) is 51.0 Å². The molecule has 0 bridgehead atoms. The largest absolute Gasteiger partial charge is 0.381 e. The van der Waals surface area contributed by atoms with Crippen molar-refractivity contribution in [3.8, 4) is 0 Å². The Kier molecular flexibility index (Phi) is 7.65. The molecule has 6 nitrogen and oxygen atoms in total. The van der Waals surface area contributed by atoms with Crippen LogP contribution in [0.5, 0.6) is 0 Å². The summed E-state index contributed by atoms with van der Waals surface area (Å²) < 4.78 is 5.64. The molecule has 1 amide bonds. The summed E-state index contributed by atoms with van der Waals surface area (Å²) in [6, 6.07) is 0.488. The summed E-state index contributed by atoms with van der Waals surface area (Å²) in [5.74, 6) is 1.60. The number of hydrogen-bond donors (Lipinski definition) is 2. The first kappa shape index (κ1) is 18.0. The van der Waals surface area contributed by atoms with E-state index in [-0.39, 0.29) is 12.5 Å². The van der Waals surface area contributed by atoms with Gasteiger partial charge in [-0.15, -0.1) is 0 Å². The first-order valence-electron chi connectivity index (χ1n) is 8.98. The number of nitrogens with zero attached hydrogens (tertiary/aromatic N) is 2. The topological polar surface area (TPSA) is 66.0 Å². The molecule has 0 saturated heterocycles. The third kappa shape index (κ3) is 7.68. The van der Waals surface area contributed by atoms with Crippen molar-refractivity contribution in [3.63, 3.8) is 0 Å². The highest BCUT2D eigenvalue weighted by Crippen LogP contribution is 2.28. The zero-order chi connectivity index (χ0) is 16.5. The molecule has 0 spiro atoms. The maximum absolute atomic E-state index is 11.7. The second kappa shape index (κ2) is 9.75. The Bertz CT molecular complexity index is 388. The fourth-order valence-electron chi connectivity index (χ4n) is 2.62. The van der Waals surface area contributed by atoms with Gasteiger partial charge in [0.25, 0.3) is 0 Å². The summed E-state index contributed by atoms with van der Waals surface area (Å²) in [7, 11) is 3.51. The molecule has 132 valence electrons. The molecule has 0 aromatic carbocycles. The van der Waals surface area contributed by atoms with Crippen LogP contribution >= 0.6 is 0 Å². The van der Waals surface area contributed by atoms with Crippen LogP contribution in [-0.2, 0) is 9.53 Å². The number of hydrogen-bond acceptors (Lipinski definition) is 3. The van der Waals surface area contributed by atoms with Crippen LogP contribution < -0.4 is 10.6 Å². The highest BCUT2D eigenvalue weighted by atomic mass is 16.5. The summed E-state index contributed by atoms with van der Waals surface area (Å²) in [5.41, 5.74) is 0. The van der Waals surface area contributed by atoms with Crippen LogP contribution in [0.3, 0.4) is 0 Å². The minimum absolute atomic E-state index is 0.0188. The Labute approximate surface area is 140 Å². The Morgan fingerprint density at radius 3 is 2.61 bits per heavy atom. The van der Waals surface area contributed by atoms with E-state index in [1.807, 2.05) is 0 Å². The van der Waals surface area contributed by atoms with Gasteiger partial charge in [0, 0.05) is 39.9 Å². The van der Waals surface area contributed by atoms with Crippen molar-refractivity contribution in [3.05, 3.63) is 0 Å². The van der Waals surface area contributed by atoms with E-state index in [2.05, 4.69) is 15.6 Å². The molecule has 6 heteroatoms. The lowest BCUT2D eigenvalue weighted by atomic mass is 10.2. The number of nitrogens with one attached hydrogen (secondary N) is 2. The quantitative estimate of drug-likeness (QED) is 0.382. The molecule has 0 unspecified atom stereocenters. The molecule has 2 fully saturated rings. The van der Waals surface area contributed by atoms with Crippen molar-refractivity contribution < 1.29 is 9.53 Å². The molecule has 0 heterocycles. The van der Waals surface area contributed by atoms with Crippen LogP contribution in [0, 0.1) is 5.92 Å². The van der Waals surface area contributed by atoms with Gasteiger partial charge in [-0.2, -0.15) is 0 Å². The third-order valence-electron chi connectivity index (χ3n) is 4.38. The minimum atomic E-state index is 0.0188. The van der Waals surface area contributed by atoms with E-state index in [1.54, 1.807) is 19.0 Å². The monoisotopic (exact) mass is 324 g/mol. The van der Waals surface area contributed by atoms with Crippen LogP contribution in [0.4, 0.5) is 0 Å². The van der Waals surface area contributed by atoms with Gasteiger partial charge < -0.3 is 20.3 Å². The second-order valence-corrected chi connectivity index (χ2v) is 6.88. The zero-order valence-electron chi connectivity index (χ0n) is 14.6. The van der Waals surface area contributed by atoms with Crippen molar-refractivity contribution >= 4 is 11.9 Å². The number of guanidine groups is 1. The van der Waals surface area contributed by atoms with E-state index < -0.39 is 0 Å². The lowest BCUT2D eigenvalue weighted by Gasteiger charge is -2.18. The zero-order valence-corrected chi connectivity index (χ0v) is 14.6. The molecule has 2 aliphatic rings. The van der Waals surface area contributed by atoms with E-state index in [9.17, 15) is 4.79 Å². The van der Waals surface area contributed by atoms with Crippen molar-refractivity contribution in [1.82, 2.24) is 15.5 Å². The fourth-order valence-corrected chi connectivity index (χ4v) is 2.62. The smallest absolute Gasteiger partial charge is 0.243 e. The average Bonchev–Trinajstić information content (AvgIpc) is 3.22. The summed E-state index contributed by atoms with van der Waals surface area (Å²) in [5, 5.41) is 6.79. The summed E-state index contributed by atoms with van der Waals surface area (Å²) >= 11 is 0. The maximum Gasteiger partial charge on any atom is 0.243 e. The Hall–Kier alpha value is -1.30. The molecule has 2 rings (SSSR count). The van der Waals surface area contributed by atoms with E-state index in [4.69, 9.17) is 4.74 Å². The number of carbonyl (C=O) groups is 1. The van der Waals surface area contributed by atoms with Crippen molar-refractivity contribution in [2.24, 2.45) is 10.9 Å². The standard InChI is InChI=1S/C17H32N4O2/c1-21(2)16(22)12-19-17(20-15-6-3-4-7-15)18-10-5-11-23-13-14-8-9-14/h14-15H,3-13H2,1-2H3,(H2,18,19,20). The maximum atomic E-state index is 11.7. The van der Waals surface area contributed by atoms with Crippen molar-refractivity contribution in [1.29, 1.82) is 0 Å². The molecule has 0 aromatic heterocycles. The average molecular weight is 324 g/mol. The van der Waals surface area contributed by atoms with Gasteiger partial charge >= 0.3 is 0 Å². The third-order valence-corrected chi connectivity index (χ3v) is 4.38. The number of likely N-dealkylation sites (N-methyl/N-ethyl adjacent to an activating group) is 1. The Morgan fingerprint density at radius 2 is 1.96 bits per heavy atom. The fraction of sp³-hybridized carbons (Fsp3) is 0.882. The van der Waals surface area contributed by atoms with Gasteiger partial charge in [0.1, 0.15) is 6.54 Å². The molecule has 23 heavy (non-hydrogen) atoms. The molecule has 2 aliphatic carbocycles. The number of ether oxygens (including phenoxy) is 1. The van der Waals surface area contributed by atoms with Gasteiger partial charge in [-0.3, -0.25) is 4.79 Å². The summed E-state index contributed by atoms with van der Waals surface area (Å²) in [6.45, 7) is 2.71. The molecular formula is C17H32N4O2. The number of carbonyl (C=O) groups excluding carboxylic acids is 1. The van der Waals surface area contributed by atoms with E-state index in [1.165, 1.54) is 38.5 Å². The predicted octanol–water partition coefficient (Wildman–Crippen LogP) is 1.37. The number of amides is 1. The van der Waals surface area contributed by atoms with Gasteiger partial charge in [-0.1, -0.05) is 12.8 Å². The highest BCUT2D eigenvalue weighted by Gasteiger charge is 2.21. The van der Waals surface area contributed by atoms with Crippen LogP contribution in [0.1, 0.15) is 44.9 Å². The van der Waals surface area contributed by atoms with Crippen LogP contribution in [0.25, 0.3) is 0 Å². The molecule has 0 aromatic rings. The van der Waals surface area contributed by atoms with Gasteiger partial charge in [-0.25, -0.2) is 4.99 Å². The normalized spacial score (nSPS) is 19.0. The molecule has 0 radical (unpaired) electrons. The predicted molar refractivity (Wildman–Crippen MR) is 92.6 cm³/mol. The van der Waals surface area contributed by atoms with Crippen LogP contribution in [-0.4, -0.2) is 63.2 Å². The first-order chi connectivity index (χ1) is 11.1. The summed E-state index contributed by atoms with van der Waals surface area (Å²) in [4.78, 5) is 17.7. The van der Waals surface area contributed by atoms with E-state index >= 15 is 0 Å². The van der Waals surface area contributed by atoms with E-state index in [0.29, 0.717) is 6.04 Å². The van der Waals surface area contributed by atoms with Gasteiger partial charge in [0.15, 0.2) is 5.96 Å². The Balaban J connectivity index is 1.67. The van der Waals surface area contributed by atoms with Crippen LogP contribution in [0.2, 0.25) is 0 Å². The molecule has 0 aliphatic heterocycles. The highest BCUT2D eigenvalue weighted by molar-refractivity contribution is 5.84. The molecule has 2 N–H and O–H groups in total. The molecule has 0 atom stereocenters. The number of rotatable bonds is 9. The minimum Gasteiger partial charge on any atom is -0.381 e. The van der Waals surface area contributed by atoms with E-state index in [0.717, 1.165) is 38.1 Å². The molecular weight excluding hydrogens is 292 g/mol. The van der Waals surface area contributed by atoms with Crippen molar-refractivity contribution in [2.75, 3.05) is 40.4 Å². The lowest BCUT2D eigenvalue weighted by Crippen LogP contribution is -2.43. The second-order valence-electron chi connectivity index (χ2n) is 6.88.